The number of aliphatic imine (C=N–C) groups is 1. The number of carboxylic acids is 1. The molecule has 13 heteroatoms. The number of rotatable bonds is 13. The number of thiol groups is 1. The Morgan fingerprint density at radius 3 is 2.28 bits per heavy atom. The van der Waals surface area contributed by atoms with E-state index in [-0.39, 0.29) is 42.5 Å². The van der Waals surface area contributed by atoms with Gasteiger partial charge in [0.25, 0.3) is 0 Å². The van der Waals surface area contributed by atoms with Crippen LogP contribution in [0.3, 0.4) is 0 Å². The minimum Gasteiger partial charge on any atom is -0.480 e. The predicted octanol–water partition coefficient (Wildman–Crippen LogP) is -2.08. The maximum atomic E-state index is 12.9. The van der Waals surface area contributed by atoms with Gasteiger partial charge in [-0.15, -0.1) is 0 Å². The summed E-state index contributed by atoms with van der Waals surface area (Å²) in [6.07, 6.45) is 2.19. The molecule has 0 aromatic carbocycles. The summed E-state index contributed by atoms with van der Waals surface area (Å²) in [5.41, 5.74) is 10.6. The Balaban J connectivity index is 2.82. The van der Waals surface area contributed by atoms with Crippen LogP contribution in [0.5, 0.6) is 0 Å². The lowest BCUT2D eigenvalue weighted by atomic mass is 10.0. The van der Waals surface area contributed by atoms with Crippen LogP contribution in [-0.2, 0) is 19.2 Å². The molecule has 1 aliphatic heterocycles. The number of hydrogen-bond donors (Lipinski definition) is 8. The molecular formula is C19H35N7O5S. The van der Waals surface area contributed by atoms with Gasteiger partial charge in [-0.05, 0) is 38.1 Å². The van der Waals surface area contributed by atoms with Gasteiger partial charge in [0.05, 0.1) is 6.04 Å². The van der Waals surface area contributed by atoms with Crippen LogP contribution in [0.4, 0.5) is 0 Å². The van der Waals surface area contributed by atoms with Gasteiger partial charge >= 0.3 is 5.97 Å². The van der Waals surface area contributed by atoms with Crippen molar-refractivity contribution in [1.82, 2.24) is 21.3 Å². The lowest BCUT2D eigenvalue weighted by Gasteiger charge is -2.25. The molecular weight excluding hydrogens is 438 g/mol. The van der Waals surface area contributed by atoms with Crippen LogP contribution in [0.25, 0.3) is 0 Å². The molecule has 4 atom stereocenters. The second-order valence-corrected chi connectivity index (χ2v) is 8.34. The normalized spacial score (nSPS) is 18.3. The number of amides is 3. The molecule has 9 N–H and O–H groups in total. The fraction of sp³-hybridized carbons (Fsp3) is 0.737. The van der Waals surface area contributed by atoms with E-state index < -0.39 is 35.9 Å². The molecule has 0 aromatic heterocycles. The van der Waals surface area contributed by atoms with Crippen molar-refractivity contribution in [1.29, 1.82) is 0 Å². The maximum absolute atomic E-state index is 12.9. The highest BCUT2D eigenvalue weighted by Crippen LogP contribution is 2.08. The van der Waals surface area contributed by atoms with Crippen LogP contribution in [-0.4, -0.2) is 77.8 Å². The Morgan fingerprint density at radius 1 is 1.12 bits per heavy atom. The van der Waals surface area contributed by atoms with Crippen molar-refractivity contribution in [3.63, 3.8) is 0 Å². The van der Waals surface area contributed by atoms with E-state index in [0.29, 0.717) is 12.8 Å². The van der Waals surface area contributed by atoms with E-state index in [1.807, 2.05) is 0 Å². The minimum atomic E-state index is -1.17. The zero-order valence-electron chi connectivity index (χ0n) is 18.5. The van der Waals surface area contributed by atoms with Crippen LogP contribution in [0.1, 0.15) is 39.5 Å². The fourth-order valence-corrected chi connectivity index (χ4v) is 3.44. The van der Waals surface area contributed by atoms with Gasteiger partial charge in [-0.3, -0.25) is 19.4 Å². The van der Waals surface area contributed by atoms with E-state index >= 15 is 0 Å². The molecule has 32 heavy (non-hydrogen) atoms. The van der Waals surface area contributed by atoms with Gasteiger partial charge in [-0.2, -0.15) is 12.6 Å². The van der Waals surface area contributed by atoms with E-state index in [2.05, 4.69) is 38.9 Å². The number of hydrogen-bond acceptors (Lipinski definition) is 7. The van der Waals surface area contributed by atoms with E-state index in [1.165, 1.54) is 0 Å². The Bertz CT molecular complexity index is 694. The quantitative estimate of drug-likeness (QED) is 0.0644. The summed E-state index contributed by atoms with van der Waals surface area (Å²) in [5, 5.41) is 20.0. The highest BCUT2D eigenvalue weighted by Gasteiger charge is 2.31. The monoisotopic (exact) mass is 473 g/mol. The van der Waals surface area contributed by atoms with Crippen LogP contribution in [0.2, 0.25) is 0 Å². The summed E-state index contributed by atoms with van der Waals surface area (Å²) in [7, 11) is 0. The molecule has 1 saturated heterocycles. The molecule has 182 valence electrons. The molecule has 1 fully saturated rings. The van der Waals surface area contributed by atoms with E-state index in [1.54, 1.807) is 13.8 Å². The Hall–Kier alpha value is -2.54. The molecule has 1 heterocycles. The molecule has 0 bridgehead atoms. The Kier molecular flexibility index (Phi) is 11.8. The first-order valence-electron chi connectivity index (χ1n) is 10.6. The number of carbonyl (C=O) groups excluding carboxylic acids is 3. The average Bonchev–Trinajstić information content (AvgIpc) is 3.26. The molecule has 4 unspecified atom stereocenters. The third-order valence-electron chi connectivity index (χ3n) is 5.00. The van der Waals surface area contributed by atoms with E-state index in [0.717, 1.165) is 13.0 Å². The molecule has 12 nitrogen and oxygen atoms in total. The van der Waals surface area contributed by atoms with Crippen molar-refractivity contribution in [2.24, 2.45) is 22.4 Å². The van der Waals surface area contributed by atoms with Crippen molar-refractivity contribution in [3.8, 4) is 0 Å². The Morgan fingerprint density at radius 2 is 1.78 bits per heavy atom. The van der Waals surface area contributed by atoms with Crippen molar-refractivity contribution >= 4 is 42.3 Å². The van der Waals surface area contributed by atoms with Crippen LogP contribution in [0.15, 0.2) is 4.99 Å². The third kappa shape index (κ3) is 9.30. The maximum Gasteiger partial charge on any atom is 0.326 e. The second-order valence-electron chi connectivity index (χ2n) is 7.97. The predicted molar refractivity (Wildman–Crippen MR) is 123 cm³/mol. The minimum absolute atomic E-state index is 0.0547. The molecule has 3 amide bonds. The number of nitrogens with two attached hydrogens (primary N) is 2. The molecule has 1 aliphatic rings. The van der Waals surface area contributed by atoms with Gasteiger partial charge in [-0.1, -0.05) is 13.8 Å². The summed E-state index contributed by atoms with van der Waals surface area (Å²) < 4.78 is 0. The molecule has 0 radical (unpaired) electrons. The van der Waals surface area contributed by atoms with E-state index in [9.17, 15) is 24.3 Å². The van der Waals surface area contributed by atoms with Crippen molar-refractivity contribution in [3.05, 3.63) is 0 Å². The number of carboxylic acid groups (broad SMARTS) is 1. The lowest BCUT2D eigenvalue weighted by Crippen LogP contribution is -2.58. The zero-order valence-corrected chi connectivity index (χ0v) is 19.4. The summed E-state index contributed by atoms with van der Waals surface area (Å²) >= 11 is 4.11. The number of nitrogens with one attached hydrogen (secondary N) is 4. The molecule has 0 saturated carbocycles. The van der Waals surface area contributed by atoms with Gasteiger partial charge in [0, 0.05) is 12.3 Å². The number of aliphatic carboxylic acids is 1. The van der Waals surface area contributed by atoms with Gasteiger partial charge in [0.2, 0.25) is 17.7 Å². The van der Waals surface area contributed by atoms with Gasteiger partial charge in [0.1, 0.15) is 18.1 Å². The van der Waals surface area contributed by atoms with Crippen molar-refractivity contribution in [2.75, 3.05) is 18.8 Å². The fourth-order valence-electron chi connectivity index (χ4n) is 3.19. The summed E-state index contributed by atoms with van der Waals surface area (Å²) in [5.74, 6) is -3.21. The van der Waals surface area contributed by atoms with E-state index in [4.69, 9.17) is 11.5 Å². The molecule has 0 aliphatic carbocycles. The van der Waals surface area contributed by atoms with Crippen LogP contribution in [0, 0.1) is 5.92 Å². The zero-order chi connectivity index (χ0) is 24.3. The number of carbonyl (C=O) groups is 4. The number of guanidine groups is 1. The number of nitrogens with zero attached hydrogens (tertiary/aromatic N) is 1. The third-order valence-corrected chi connectivity index (χ3v) is 5.37. The smallest absolute Gasteiger partial charge is 0.326 e. The first kappa shape index (κ1) is 27.5. The highest BCUT2D eigenvalue weighted by atomic mass is 32.1. The summed E-state index contributed by atoms with van der Waals surface area (Å²) in [4.78, 5) is 53.2. The highest BCUT2D eigenvalue weighted by molar-refractivity contribution is 7.80. The topological polar surface area (TPSA) is 201 Å². The van der Waals surface area contributed by atoms with Gasteiger partial charge in [0.15, 0.2) is 5.96 Å². The first-order valence-corrected chi connectivity index (χ1v) is 11.2. The average molecular weight is 474 g/mol. The summed E-state index contributed by atoms with van der Waals surface area (Å²) in [6, 6.07) is -3.48. The van der Waals surface area contributed by atoms with Gasteiger partial charge < -0.3 is 37.8 Å². The second kappa shape index (κ2) is 13.8. The standard InChI is InChI=1S/C19H35N7O5S/c1-10(2)14(18(30)31)26-17(29)13(9-32)25-16(28)12(6-4-8-23-19(20)21)24-15(27)11-5-3-7-22-11/h10-14,22,32H,3-9H2,1-2H3,(H,24,27)(H,25,28)(H,26,29)(H,30,31)(H4,20,21,23). The SMILES string of the molecule is CC(C)C(NC(=O)C(CS)NC(=O)C(CCCN=C(N)N)NC(=O)C1CCCN1)C(=O)O. The van der Waals surface area contributed by atoms with Crippen LogP contribution < -0.4 is 32.7 Å². The van der Waals surface area contributed by atoms with Crippen molar-refractivity contribution in [2.45, 2.75) is 63.7 Å². The molecule has 0 aromatic rings. The molecule has 0 spiro atoms. The van der Waals surface area contributed by atoms with Gasteiger partial charge in [-0.25, -0.2) is 4.79 Å². The molecule has 1 rings (SSSR count). The lowest BCUT2D eigenvalue weighted by molar-refractivity contribution is -0.143. The van der Waals surface area contributed by atoms with Crippen molar-refractivity contribution < 1.29 is 24.3 Å². The largest absolute Gasteiger partial charge is 0.480 e. The Labute approximate surface area is 193 Å². The summed E-state index contributed by atoms with van der Waals surface area (Å²) in [6.45, 7) is 4.32. The van der Waals surface area contributed by atoms with Crippen LogP contribution >= 0.6 is 12.6 Å². The first-order chi connectivity index (χ1) is 15.1.